The molecule has 4 nitrogen and oxygen atoms in total. The number of aliphatic imine (C=N–C) groups is 1. The second-order valence-corrected chi connectivity index (χ2v) is 7.31. The fourth-order valence-corrected chi connectivity index (χ4v) is 4.17. The number of rotatable bonds is 4. The summed E-state index contributed by atoms with van der Waals surface area (Å²) in [5.41, 5.74) is 0.554. The molecule has 1 aliphatic rings. The lowest BCUT2D eigenvalue weighted by atomic mass is 10.0. The summed E-state index contributed by atoms with van der Waals surface area (Å²) in [5.74, 6) is -0.244. The second kappa shape index (κ2) is 7.39. The molecule has 4 rings (SSSR count). The average Bonchev–Trinajstić information content (AvgIpc) is 3.07. The number of benzene rings is 3. The van der Waals surface area contributed by atoms with E-state index in [0.29, 0.717) is 16.2 Å². The molecule has 27 heavy (non-hydrogen) atoms. The predicted octanol–water partition coefficient (Wildman–Crippen LogP) is 3.78. The van der Waals surface area contributed by atoms with Crippen LogP contribution in [0.3, 0.4) is 0 Å². The first-order chi connectivity index (χ1) is 13.2. The van der Waals surface area contributed by atoms with Gasteiger partial charge in [-0.2, -0.15) is 0 Å². The molecule has 1 heterocycles. The third-order valence-corrected chi connectivity index (χ3v) is 5.62. The zero-order valence-corrected chi connectivity index (χ0v) is 15.3. The molecule has 134 valence electrons. The van der Waals surface area contributed by atoms with Gasteiger partial charge in [-0.05, 0) is 12.1 Å². The van der Waals surface area contributed by atoms with Gasteiger partial charge in [-0.15, -0.1) is 0 Å². The Morgan fingerprint density at radius 2 is 1.44 bits per heavy atom. The van der Waals surface area contributed by atoms with E-state index in [9.17, 15) is 9.90 Å². The largest absolute Gasteiger partial charge is 0.363 e. The minimum Gasteiger partial charge on any atom is -0.363 e. The van der Waals surface area contributed by atoms with Gasteiger partial charge in [0.2, 0.25) is 5.72 Å². The molecule has 2 atom stereocenters. The Balaban J connectivity index is 1.69. The van der Waals surface area contributed by atoms with Crippen LogP contribution in [0, 0.1) is 0 Å². The van der Waals surface area contributed by atoms with Crippen LogP contribution in [0.1, 0.15) is 21.5 Å². The van der Waals surface area contributed by atoms with Gasteiger partial charge in [0.1, 0.15) is 10.4 Å². The van der Waals surface area contributed by atoms with Gasteiger partial charge in [0.05, 0.1) is 0 Å². The summed E-state index contributed by atoms with van der Waals surface area (Å²) >= 11 is 1.36. The molecule has 0 bridgehead atoms. The third-order valence-electron chi connectivity index (χ3n) is 4.38. The molecule has 0 saturated carbocycles. The van der Waals surface area contributed by atoms with Crippen LogP contribution in [0.15, 0.2) is 96.0 Å². The number of aliphatic hydroxyl groups is 1. The average molecular weight is 374 g/mol. The highest BCUT2D eigenvalue weighted by atomic mass is 32.2. The normalized spacial score (nSPS) is 21.5. The minimum atomic E-state index is -1.54. The van der Waals surface area contributed by atoms with Gasteiger partial charge in [-0.25, -0.2) is 4.99 Å². The number of hydrogen-bond donors (Lipinski definition) is 2. The fourth-order valence-electron chi connectivity index (χ4n) is 2.97. The molecule has 3 aromatic rings. The van der Waals surface area contributed by atoms with Crippen LogP contribution in [-0.4, -0.2) is 21.4 Å². The SMILES string of the molecule is O=C(N[C@H]1SC(c2ccccc2)=N[C@]1(O)c1ccccc1)c1ccccc1. The van der Waals surface area contributed by atoms with E-state index >= 15 is 0 Å². The Morgan fingerprint density at radius 1 is 0.889 bits per heavy atom. The summed E-state index contributed by atoms with van der Waals surface area (Å²) in [6, 6.07) is 27.9. The van der Waals surface area contributed by atoms with Crippen molar-refractivity contribution in [3.8, 4) is 0 Å². The molecule has 5 heteroatoms. The Bertz CT molecular complexity index is 961. The summed E-state index contributed by atoms with van der Waals surface area (Å²) in [6.07, 6.45) is 0. The zero-order valence-electron chi connectivity index (χ0n) is 14.4. The molecular weight excluding hydrogens is 356 g/mol. The Kier molecular flexibility index (Phi) is 4.79. The van der Waals surface area contributed by atoms with E-state index < -0.39 is 11.1 Å². The number of thioether (sulfide) groups is 1. The number of nitrogens with one attached hydrogen (secondary N) is 1. The number of nitrogens with zero attached hydrogens (tertiary/aromatic N) is 1. The summed E-state index contributed by atoms with van der Waals surface area (Å²) < 4.78 is 0. The van der Waals surface area contributed by atoms with Crippen LogP contribution in [0.2, 0.25) is 0 Å². The van der Waals surface area contributed by atoms with Gasteiger partial charge in [-0.3, -0.25) is 4.79 Å². The van der Waals surface area contributed by atoms with Crippen molar-refractivity contribution in [1.82, 2.24) is 5.32 Å². The maximum Gasteiger partial charge on any atom is 0.252 e. The molecule has 0 spiro atoms. The fraction of sp³-hybridized carbons (Fsp3) is 0.0909. The Morgan fingerprint density at radius 3 is 2.07 bits per heavy atom. The molecule has 0 unspecified atom stereocenters. The van der Waals surface area contributed by atoms with E-state index in [2.05, 4.69) is 10.3 Å². The number of amides is 1. The van der Waals surface area contributed by atoms with E-state index in [-0.39, 0.29) is 5.91 Å². The third kappa shape index (κ3) is 3.52. The standard InChI is InChI=1S/C22H18N2O2S/c25-19(16-10-4-1-5-11-16)23-21-22(26,18-14-8-3-9-15-18)24-20(27-21)17-12-6-2-7-13-17/h1-15,21,26H,(H,23,25)/t21-,22-/m0/s1. The lowest BCUT2D eigenvalue weighted by Gasteiger charge is -2.27. The van der Waals surface area contributed by atoms with Crippen molar-refractivity contribution in [3.63, 3.8) is 0 Å². The van der Waals surface area contributed by atoms with Crippen LogP contribution in [0.25, 0.3) is 0 Å². The second-order valence-electron chi connectivity index (χ2n) is 6.21. The molecule has 0 saturated heterocycles. The zero-order chi connectivity index (χ0) is 18.7. The molecule has 0 fully saturated rings. The predicted molar refractivity (Wildman–Crippen MR) is 109 cm³/mol. The Hall–Kier alpha value is -2.89. The van der Waals surface area contributed by atoms with Crippen LogP contribution >= 0.6 is 11.8 Å². The number of carbonyl (C=O) groups excluding carboxylic acids is 1. The summed E-state index contributed by atoms with van der Waals surface area (Å²) in [4.78, 5) is 17.3. The molecule has 0 aromatic heterocycles. The first-order valence-electron chi connectivity index (χ1n) is 8.62. The molecule has 0 radical (unpaired) electrons. The summed E-state index contributed by atoms with van der Waals surface area (Å²) in [6.45, 7) is 0. The molecule has 1 aliphatic heterocycles. The molecule has 2 N–H and O–H groups in total. The van der Waals surface area contributed by atoms with Gasteiger partial charge >= 0.3 is 0 Å². The quantitative estimate of drug-likeness (QED) is 0.731. The van der Waals surface area contributed by atoms with Crippen molar-refractivity contribution in [1.29, 1.82) is 0 Å². The van der Waals surface area contributed by atoms with Gasteiger partial charge in [-0.1, -0.05) is 90.6 Å². The van der Waals surface area contributed by atoms with E-state index in [0.717, 1.165) is 5.56 Å². The van der Waals surface area contributed by atoms with E-state index in [1.165, 1.54) is 11.8 Å². The van der Waals surface area contributed by atoms with Crippen LogP contribution in [0.4, 0.5) is 0 Å². The summed E-state index contributed by atoms with van der Waals surface area (Å²) in [7, 11) is 0. The smallest absolute Gasteiger partial charge is 0.252 e. The maximum absolute atomic E-state index is 12.7. The van der Waals surface area contributed by atoms with E-state index in [1.54, 1.807) is 12.1 Å². The highest BCUT2D eigenvalue weighted by Gasteiger charge is 2.46. The van der Waals surface area contributed by atoms with Crippen molar-refractivity contribution in [2.75, 3.05) is 0 Å². The van der Waals surface area contributed by atoms with Crippen molar-refractivity contribution >= 4 is 22.7 Å². The first kappa shape index (κ1) is 17.5. The number of carbonyl (C=O) groups is 1. The van der Waals surface area contributed by atoms with Crippen molar-refractivity contribution in [2.24, 2.45) is 4.99 Å². The molecule has 3 aromatic carbocycles. The van der Waals surface area contributed by atoms with E-state index in [4.69, 9.17) is 0 Å². The van der Waals surface area contributed by atoms with E-state index in [1.807, 2.05) is 78.9 Å². The van der Waals surface area contributed by atoms with Crippen molar-refractivity contribution < 1.29 is 9.90 Å². The molecule has 0 aliphatic carbocycles. The first-order valence-corrected chi connectivity index (χ1v) is 9.50. The highest BCUT2D eigenvalue weighted by molar-refractivity contribution is 8.15. The van der Waals surface area contributed by atoms with Crippen LogP contribution < -0.4 is 5.32 Å². The van der Waals surface area contributed by atoms with Crippen molar-refractivity contribution in [2.45, 2.75) is 11.1 Å². The van der Waals surface area contributed by atoms with Crippen LogP contribution in [-0.2, 0) is 5.72 Å². The monoisotopic (exact) mass is 374 g/mol. The topological polar surface area (TPSA) is 61.7 Å². The van der Waals surface area contributed by atoms with Crippen molar-refractivity contribution in [3.05, 3.63) is 108 Å². The van der Waals surface area contributed by atoms with Gasteiger partial charge in [0.25, 0.3) is 5.91 Å². The lowest BCUT2D eigenvalue weighted by Crippen LogP contribution is -2.45. The van der Waals surface area contributed by atoms with Gasteiger partial charge in [0, 0.05) is 16.7 Å². The highest BCUT2D eigenvalue weighted by Crippen LogP contribution is 2.41. The molecular formula is C22H18N2O2S. The molecule has 1 amide bonds. The minimum absolute atomic E-state index is 0.244. The Labute approximate surface area is 162 Å². The number of hydrogen-bond acceptors (Lipinski definition) is 4. The maximum atomic E-state index is 12.7. The van der Waals surface area contributed by atoms with Crippen LogP contribution in [0.5, 0.6) is 0 Å². The van der Waals surface area contributed by atoms with Gasteiger partial charge < -0.3 is 10.4 Å². The lowest BCUT2D eigenvalue weighted by molar-refractivity contribution is 0.0361. The van der Waals surface area contributed by atoms with Gasteiger partial charge in [0.15, 0.2) is 0 Å². The summed E-state index contributed by atoms with van der Waals surface area (Å²) in [5, 5.41) is 14.4.